The molecule has 0 aliphatic carbocycles. The fourth-order valence-corrected chi connectivity index (χ4v) is 2.44. The molecule has 0 amide bonds. The zero-order valence-electron chi connectivity index (χ0n) is 10.9. The number of ether oxygens (including phenoxy) is 1. The van der Waals surface area contributed by atoms with E-state index in [0.717, 1.165) is 27.9 Å². The topological polar surface area (TPSA) is 54.4 Å². The molecular weight excluding hydrogens is 260 g/mol. The van der Waals surface area contributed by atoms with Crippen molar-refractivity contribution in [2.24, 2.45) is 0 Å². The molecular formula is C14H18N2O2S. The standard InChI is InChI=1S/C14H18N2O2S/c1-2-15-14-16-9-13(19-14)10-18-12-5-3-11(4-6-12)7-8-17/h3-6,9,17H,2,7-8,10H2,1H3,(H,15,16). The normalized spacial score (nSPS) is 10.4. The van der Waals surface area contributed by atoms with Crippen molar-refractivity contribution in [3.05, 3.63) is 40.9 Å². The molecule has 0 bridgehead atoms. The fourth-order valence-electron chi connectivity index (χ4n) is 1.64. The van der Waals surface area contributed by atoms with Gasteiger partial charge in [-0.15, -0.1) is 0 Å². The molecule has 1 aromatic carbocycles. The number of rotatable bonds is 7. The first-order valence-corrected chi connectivity index (χ1v) is 7.14. The van der Waals surface area contributed by atoms with E-state index in [1.165, 1.54) is 0 Å². The van der Waals surface area contributed by atoms with Crippen molar-refractivity contribution in [3.63, 3.8) is 0 Å². The number of hydrogen-bond acceptors (Lipinski definition) is 5. The van der Waals surface area contributed by atoms with Gasteiger partial charge in [0.2, 0.25) is 0 Å². The molecule has 0 unspecified atom stereocenters. The van der Waals surface area contributed by atoms with Crippen LogP contribution in [0.2, 0.25) is 0 Å². The Hall–Kier alpha value is -1.59. The van der Waals surface area contributed by atoms with Crippen LogP contribution in [0.3, 0.4) is 0 Å². The predicted octanol–water partition coefficient (Wildman–Crippen LogP) is 2.69. The Morgan fingerprint density at radius 3 is 2.79 bits per heavy atom. The minimum absolute atomic E-state index is 0.175. The number of benzene rings is 1. The molecule has 102 valence electrons. The highest BCUT2D eigenvalue weighted by Gasteiger charge is 2.02. The lowest BCUT2D eigenvalue weighted by atomic mass is 10.1. The highest BCUT2D eigenvalue weighted by atomic mass is 32.1. The number of aliphatic hydroxyl groups is 1. The van der Waals surface area contributed by atoms with E-state index in [4.69, 9.17) is 9.84 Å². The molecule has 0 fully saturated rings. The molecule has 0 saturated carbocycles. The van der Waals surface area contributed by atoms with Gasteiger partial charge >= 0.3 is 0 Å². The summed E-state index contributed by atoms with van der Waals surface area (Å²) in [6.07, 6.45) is 2.52. The largest absolute Gasteiger partial charge is 0.488 e. The number of anilines is 1. The zero-order valence-corrected chi connectivity index (χ0v) is 11.7. The predicted molar refractivity (Wildman–Crippen MR) is 77.8 cm³/mol. The smallest absolute Gasteiger partial charge is 0.182 e. The van der Waals surface area contributed by atoms with Crippen LogP contribution in [-0.2, 0) is 13.0 Å². The fraction of sp³-hybridized carbons (Fsp3) is 0.357. The van der Waals surface area contributed by atoms with Crippen LogP contribution in [-0.4, -0.2) is 23.2 Å². The van der Waals surface area contributed by atoms with Gasteiger partial charge in [0.05, 0.1) is 4.88 Å². The van der Waals surface area contributed by atoms with E-state index in [1.54, 1.807) is 11.3 Å². The van der Waals surface area contributed by atoms with Crippen molar-refractivity contribution < 1.29 is 9.84 Å². The Kier molecular flexibility index (Phi) is 5.18. The molecule has 0 aliphatic rings. The molecule has 0 atom stereocenters. The molecule has 0 radical (unpaired) electrons. The molecule has 2 aromatic rings. The molecule has 0 aliphatic heterocycles. The van der Waals surface area contributed by atoms with E-state index in [0.29, 0.717) is 13.0 Å². The minimum Gasteiger partial charge on any atom is -0.488 e. The van der Waals surface area contributed by atoms with Crippen LogP contribution in [0.1, 0.15) is 17.4 Å². The number of hydrogen-bond donors (Lipinski definition) is 2. The van der Waals surface area contributed by atoms with Gasteiger partial charge in [0.25, 0.3) is 0 Å². The van der Waals surface area contributed by atoms with Gasteiger partial charge in [0, 0.05) is 19.3 Å². The first-order valence-electron chi connectivity index (χ1n) is 6.33. The Balaban J connectivity index is 1.86. The van der Waals surface area contributed by atoms with Crippen LogP contribution < -0.4 is 10.1 Å². The van der Waals surface area contributed by atoms with E-state index in [-0.39, 0.29) is 6.61 Å². The monoisotopic (exact) mass is 278 g/mol. The molecule has 0 spiro atoms. The third kappa shape index (κ3) is 4.22. The van der Waals surface area contributed by atoms with Crippen LogP contribution in [0, 0.1) is 0 Å². The maximum absolute atomic E-state index is 8.84. The van der Waals surface area contributed by atoms with Gasteiger partial charge in [-0.3, -0.25) is 0 Å². The maximum atomic E-state index is 8.84. The summed E-state index contributed by atoms with van der Waals surface area (Å²) in [4.78, 5) is 5.35. The van der Waals surface area contributed by atoms with Crippen molar-refractivity contribution in [2.75, 3.05) is 18.5 Å². The van der Waals surface area contributed by atoms with E-state index in [9.17, 15) is 0 Å². The SMILES string of the molecule is CCNc1ncc(COc2ccc(CCO)cc2)s1. The second-order valence-electron chi connectivity index (χ2n) is 4.07. The van der Waals surface area contributed by atoms with Gasteiger partial charge in [0.15, 0.2) is 5.13 Å². The summed E-state index contributed by atoms with van der Waals surface area (Å²) < 4.78 is 5.70. The van der Waals surface area contributed by atoms with E-state index >= 15 is 0 Å². The number of nitrogens with zero attached hydrogens (tertiary/aromatic N) is 1. The molecule has 5 heteroatoms. The first-order chi connectivity index (χ1) is 9.31. The van der Waals surface area contributed by atoms with Gasteiger partial charge in [-0.25, -0.2) is 4.98 Å². The highest BCUT2D eigenvalue weighted by Crippen LogP contribution is 2.20. The van der Waals surface area contributed by atoms with E-state index in [1.807, 2.05) is 37.4 Å². The van der Waals surface area contributed by atoms with Gasteiger partial charge in [-0.05, 0) is 31.0 Å². The van der Waals surface area contributed by atoms with Gasteiger partial charge < -0.3 is 15.2 Å². The maximum Gasteiger partial charge on any atom is 0.182 e. The zero-order chi connectivity index (χ0) is 13.5. The molecule has 2 N–H and O–H groups in total. The van der Waals surface area contributed by atoms with Gasteiger partial charge in [0.1, 0.15) is 12.4 Å². The van der Waals surface area contributed by atoms with Gasteiger partial charge in [-0.1, -0.05) is 23.5 Å². The van der Waals surface area contributed by atoms with E-state index in [2.05, 4.69) is 10.3 Å². The lowest BCUT2D eigenvalue weighted by molar-refractivity contribution is 0.298. The summed E-state index contributed by atoms with van der Waals surface area (Å²) >= 11 is 1.61. The van der Waals surface area contributed by atoms with Crippen LogP contribution >= 0.6 is 11.3 Å². The Morgan fingerprint density at radius 2 is 2.11 bits per heavy atom. The lowest BCUT2D eigenvalue weighted by Crippen LogP contribution is -1.94. The van der Waals surface area contributed by atoms with Crippen LogP contribution in [0.25, 0.3) is 0 Å². The second kappa shape index (κ2) is 7.11. The van der Waals surface area contributed by atoms with Crippen LogP contribution in [0.5, 0.6) is 5.75 Å². The van der Waals surface area contributed by atoms with Crippen molar-refractivity contribution in [3.8, 4) is 5.75 Å². The van der Waals surface area contributed by atoms with E-state index < -0.39 is 0 Å². The van der Waals surface area contributed by atoms with Crippen LogP contribution in [0.4, 0.5) is 5.13 Å². The van der Waals surface area contributed by atoms with Gasteiger partial charge in [-0.2, -0.15) is 0 Å². The molecule has 2 rings (SSSR count). The highest BCUT2D eigenvalue weighted by molar-refractivity contribution is 7.15. The van der Waals surface area contributed by atoms with Crippen LogP contribution in [0.15, 0.2) is 30.5 Å². The summed E-state index contributed by atoms with van der Waals surface area (Å²) in [6.45, 7) is 3.63. The molecule has 19 heavy (non-hydrogen) atoms. The summed E-state index contributed by atoms with van der Waals surface area (Å²) in [5, 5.41) is 13.0. The Labute approximate surface area is 117 Å². The summed E-state index contributed by atoms with van der Waals surface area (Å²) in [5.41, 5.74) is 1.11. The number of aromatic nitrogens is 1. The Bertz CT molecular complexity index is 496. The third-order valence-corrected chi connectivity index (χ3v) is 3.52. The summed E-state index contributed by atoms with van der Waals surface area (Å²) in [6, 6.07) is 7.80. The van der Waals surface area contributed by atoms with Crippen molar-refractivity contribution >= 4 is 16.5 Å². The van der Waals surface area contributed by atoms with Crippen molar-refractivity contribution in [1.82, 2.24) is 4.98 Å². The average Bonchev–Trinajstić information content (AvgIpc) is 2.87. The first kappa shape index (κ1) is 13.8. The Morgan fingerprint density at radius 1 is 1.32 bits per heavy atom. The number of aliphatic hydroxyl groups excluding tert-OH is 1. The lowest BCUT2D eigenvalue weighted by Gasteiger charge is -2.05. The van der Waals surface area contributed by atoms with Crippen molar-refractivity contribution in [2.45, 2.75) is 20.0 Å². The summed E-state index contributed by atoms with van der Waals surface area (Å²) in [5.74, 6) is 0.833. The molecule has 1 aromatic heterocycles. The average molecular weight is 278 g/mol. The molecule has 0 saturated heterocycles. The second-order valence-corrected chi connectivity index (χ2v) is 5.18. The molecule has 1 heterocycles. The number of thiazole rings is 1. The summed E-state index contributed by atoms with van der Waals surface area (Å²) in [7, 11) is 0. The van der Waals surface area contributed by atoms with Crippen molar-refractivity contribution in [1.29, 1.82) is 0 Å². The quantitative estimate of drug-likeness (QED) is 0.817. The minimum atomic E-state index is 0.175. The molecule has 4 nitrogen and oxygen atoms in total. The number of nitrogens with one attached hydrogen (secondary N) is 1. The third-order valence-electron chi connectivity index (χ3n) is 2.59.